The molecule has 9 heteroatoms. The highest BCUT2D eigenvalue weighted by Gasteiger charge is 2.21. The second kappa shape index (κ2) is 9.79. The Morgan fingerprint density at radius 3 is 2.58 bits per heavy atom. The number of aromatic hydroxyl groups is 1. The Kier molecular flexibility index (Phi) is 6.55. The summed E-state index contributed by atoms with van der Waals surface area (Å²) in [6, 6.07) is 9.93. The fourth-order valence-corrected chi connectivity index (χ4v) is 5.02. The number of halogens is 2. The predicted octanol–water partition coefficient (Wildman–Crippen LogP) is 4.59. The number of hydrogen-bond acceptors (Lipinski definition) is 5. The second-order valence-corrected chi connectivity index (χ2v) is 9.49. The molecule has 2 N–H and O–H groups in total. The third-order valence-corrected chi connectivity index (χ3v) is 7.07. The first kappa shape index (κ1) is 24.1. The topological polar surface area (TPSA) is 75.3 Å². The van der Waals surface area contributed by atoms with Crippen LogP contribution in [-0.4, -0.2) is 45.4 Å². The van der Waals surface area contributed by atoms with E-state index in [2.05, 4.69) is 15.2 Å². The number of hydrogen-bond donors (Lipinski definition) is 2. The number of likely N-dealkylation sites (N-methyl/N-ethyl adjacent to an activating group) is 1. The van der Waals surface area contributed by atoms with E-state index >= 15 is 0 Å². The number of phenols is 1. The molecule has 0 amide bonds. The summed E-state index contributed by atoms with van der Waals surface area (Å²) in [5.74, 6) is -0.557. The minimum absolute atomic E-state index is 0.0669. The molecule has 3 heterocycles. The predicted molar refractivity (Wildman–Crippen MR) is 141 cm³/mol. The summed E-state index contributed by atoms with van der Waals surface area (Å²) in [4.78, 5) is 18.9. The van der Waals surface area contributed by atoms with Gasteiger partial charge in [0.2, 0.25) is 0 Å². The normalized spacial score (nSPS) is 15.9. The number of aryl methyl sites for hydroxylation is 1. The van der Waals surface area contributed by atoms with Crippen molar-refractivity contribution in [2.45, 2.75) is 18.9 Å². The molecule has 1 fully saturated rings. The van der Waals surface area contributed by atoms with Crippen molar-refractivity contribution in [1.82, 2.24) is 19.4 Å². The first-order chi connectivity index (χ1) is 17.4. The summed E-state index contributed by atoms with van der Waals surface area (Å²) in [5.41, 5.74) is 3.00. The van der Waals surface area contributed by atoms with Gasteiger partial charge in [-0.15, -0.1) is 0 Å². The van der Waals surface area contributed by atoms with E-state index in [1.165, 1.54) is 21.3 Å². The summed E-state index contributed by atoms with van der Waals surface area (Å²) in [7, 11) is 3.62. The number of aromatic nitrogens is 3. The molecule has 4 aromatic rings. The van der Waals surface area contributed by atoms with E-state index in [0.717, 1.165) is 31.6 Å². The van der Waals surface area contributed by atoms with Crippen LogP contribution in [0.5, 0.6) is 5.75 Å². The molecule has 0 bridgehead atoms. The van der Waals surface area contributed by atoms with Crippen LogP contribution >= 0.6 is 11.6 Å². The molecule has 2 aromatic heterocycles. The van der Waals surface area contributed by atoms with Crippen molar-refractivity contribution in [3.63, 3.8) is 0 Å². The minimum atomic E-state index is -0.490. The maximum atomic E-state index is 14.8. The van der Waals surface area contributed by atoms with Crippen LogP contribution in [0.1, 0.15) is 12.8 Å². The van der Waals surface area contributed by atoms with Crippen LogP contribution in [0.4, 0.5) is 10.1 Å². The lowest BCUT2D eigenvalue weighted by molar-refractivity contribution is 0.449. The third kappa shape index (κ3) is 4.50. The Labute approximate surface area is 213 Å². The zero-order valence-corrected chi connectivity index (χ0v) is 20.8. The molecular weight excluding hydrogens is 481 g/mol. The lowest BCUT2D eigenvalue weighted by Gasteiger charge is -2.34. The monoisotopic (exact) mass is 507 g/mol. The van der Waals surface area contributed by atoms with Crippen LogP contribution in [0.3, 0.4) is 0 Å². The fourth-order valence-electron chi connectivity index (χ4n) is 4.75. The highest BCUT2D eigenvalue weighted by atomic mass is 35.5. The smallest absolute Gasteiger partial charge is 0.332 e. The minimum Gasteiger partial charge on any atom is -0.507 e. The van der Waals surface area contributed by atoms with Crippen molar-refractivity contribution < 1.29 is 9.50 Å². The van der Waals surface area contributed by atoms with Gasteiger partial charge < -0.3 is 19.9 Å². The van der Waals surface area contributed by atoms with Gasteiger partial charge in [0.1, 0.15) is 11.6 Å². The molecule has 1 saturated heterocycles. The average molecular weight is 508 g/mol. The molecule has 36 heavy (non-hydrogen) atoms. The number of pyridine rings is 1. The molecule has 1 atom stereocenters. The second-order valence-electron chi connectivity index (χ2n) is 9.08. The fraction of sp³-hybridized carbons (Fsp3) is 0.259. The molecule has 5 rings (SSSR count). The van der Waals surface area contributed by atoms with Crippen molar-refractivity contribution in [2.75, 3.05) is 25.0 Å². The van der Waals surface area contributed by atoms with Crippen LogP contribution in [0.15, 0.2) is 66.0 Å². The van der Waals surface area contributed by atoms with Crippen molar-refractivity contribution in [1.29, 1.82) is 0 Å². The van der Waals surface area contributed by atoms with Crippen molar-refractivity contribution in [3.05, 3.63) is 82.5 Å². The van der Waals surface area contributed by atoms with Crippen molar-refractivity contribution in [2.24, 2.45) is 7.05 Å². The number of benzene rings is 2. The van der Waals surface area contributed by atoms with Gasteiger partial charge in [-0.2, -0.15) is 0 Å². The molecule has 186 valence electrons. The number of nitrogens with one attached hydrogen (secondary N) is 1. The first-order valence-corrected chi connectivity index (χ1v) is 12.2. The van der Waals surface area contributed by atoms with Crippen LogP contribution in [0.25, 0.3) is 27.9 Å². The Morgan fingerprint density at radius 2 is 1.89 bits per heavy atom. The van der Waals surface area contributed by atoms with E-state index in [1.54, 1.807) is 50.0 Å². The zero-order chi connectivity index (χ0) is 25.4. The molecule has 0 aliphatic carbocycles. The SMILES string of the molecule is CN[C@H]1CCCN(c2cncc(-c3cc(F)cc(-c4ccc(-n5ccn(C)c5=O)c(Cl)c4)c3O)c2)C1. The largest absolute Gasteiger partial charge is 0.507 e. The Balaban J connectivity index is 1.52. The van der Waals surface area contributed by atoms with Gasteiger partial charge in [-0.25, -0.2) is 9.18 Å². The van der Waals surface area contributed by atoms with Gasteiger partial charge in [0.25, 0.3) is 0 Å². The molecular formula is C27H27ClFN5O2. The van der Waals surface area contributed by atoms with Gasteiger partial charge in [0.15, 0.2) is 0 Å². The van der Waals surface area contributed by atoms with Gasteiger partial charge in [-0.1, -0.05) is 17.7 Å². The van der Waals surface area contributed by atoms with Crippen molar-refractivity contribution >= 4 is 17.3 Å². The molecule has 2 aromatic carbocycles. The lowest BCUT2D eigenvalue weighted by Crippen LogP contribution is -2.44. The van der Waals surface area contributed by atoms with Crippen LogP contribution in [0.2, 0.25) is 5.02 Å². The lowest BCUT2D eigenvalue weighted by atomic mass is 9.97. The van der Waals surface area contributed by atoms with Gasteiger partial charge in [0, 0.05) is 61.5 Å². The third-order valence-electron chi connectivity index (χ3n) is 6.77. The van der Waals surface area contributed by atoms with E-state index in [-0.39, 0.29) is 11.4 Å². The summed E-state index contributed by atoms with van der Waals surface area (Å²) in [5, 5.41) is 14.8. The molecule has 1 aliphatic heterocycles. The van der Waals surface area contributed by atoms with Gasteiger partial charge in [-0.05, 0) is 55.8 Å². The van der Waals surface area contributed by atoms with E-state index in [9.17, 15) is 14.3 Å². The quantitative estimate of drug-likeness (QED) is 0.413. The van der Waals surface area contributed by atoms with Gasteiger partial charge in [-0.3, -0.25) is 9.55 Å². The molecule has 1 aliphatic rings. The Bertz CT molecular complexity index is 1480. The maximum absolute atomic E-state index is 14.8. The van der Waals surface area contributed by atoms with E-state index in [0.29, 0.717) is 39.0 Å². The first-order valence-electron chi connectivity index (χ1n) is 11.8. The van der Waals surface area contributed by atoms with Crippen LogP contribution < -0.4 is 15.9 Å². The van der Waals surface area contributed by atoms with Gasteiger partial charge in [0.05, 0.1) is 22.6 Å². The molecule has 0 spiro atoms. The average Bonchev–Trinajstić information content (AvgIpc) is 3.23. The molecule has 0 unspecified atom stereocenters. The number of imidazole rings is 1. The number of rotatable bonds is 5. The highest BCUT2D eigenvalue weighted by molar-refractivity contribution is 6.32. The zero-order valence-electron chi connectivity index (χ0n) is 20.1. The summed E-state index contributed by atoms with van der Waals surface area (Å²) >= 11 is 6.51. The van der Waals surface area contributed by atoms with Gasteiger partial charge >= 0.3 is 5.69 Å². The van der Waals surface area contributed by atoms with E-state index in [4.69, 9.17) is 11.6 Å². The van der Waals surface area contributed by atoms with E-state index in [1.807, 2.05) is 13.1 Å². The molecule has 7 nitrogen and oxygen atoms in total. The molecule has 0 radical (unpaired) electrons. The number of phenolic OH excluding ortho intramolecular Hbond substituents is 1. The molecule has 0 saturated carbocycles. The van der Waals surface area contributed by atoms with Crippen LogP contribution in [0, 0.1) is 5.82 Å². The maximum Gasteiger partial charge on any atom is 0.332 e. The Hall–Kier alpha value is -3.62. The summed E-state index contributed by atoms with van der Waals surface area (Å²) in [6.07, 6.45) is 8.87. The number of nitrogens with zero attached hydrogens (tertiary/aromatic N) is 4. The number of anilines is 1. The summed E-state index contributed by atoms with van der Waals surface area (Å²) < 4.78 is 17.7. The highest BCUT2D eigenvalue weighted by Crippen LogP contribution is 2.41. The standard InChI is InChI=1S/C27H27ClFN5O2/c1-30-20-4-3-7-33(16-20)21-10-18(14-31-15-21)23-13-19(29)12-22(26(23)35)17-5-6-25(24(28)11-17)34-9-8-32(2)27(34)36/h5-6,8-15,20,30,35H,3-4,7,16H2,1-2H3/t20-/m0/s1. The van der Waals surface area contributed by atoms with Crippen LogP contribution in [-0.2, 0) is 7.05 Å². The number of piperidine rings is 1. The van der Waals surface area contributed by atoms with Crippen molar-refractivity contribution in [3.8, 4) is 33.7 Å². The van der Waals surface area contributed by atoms with E-state index < -0.39 is 5.82 Å². The summed E-state index contributed by atoms with van der Waals surface area (Å²) in [6.45, 7) is 1.77. The Morgan fingerprint density at radius 1 is 1.11 bits per heavy atom.